The van der Waals surface area contributed by atoms with Gasteiger partial charge in [-0.15, -0.1) is 0 Å². The van der Waals surface area contributed by atoms with E-state index in [0.29, 0.717) is 12.2 Å². The normalized spacial score (nSPS) is 10.5. The Bertz CT molecular complexity index is 420. The van der Waals surface area contributed by atoms with E-state index in [0.717, 1.165) is 38.2 Å². The van der Waals surface area contributed by atoms with Crippen LogP contribution >= 0.6 is 0 Å². The highest BCUT2D eigenvalue weighted by molar-refractivity contribution is 5.95. The maximum absolute atomic E-state index is 7.51. The fourth-order valence-electron chi connectivity index (χ4n) is 1.93. The van der Waals surface area contributed by atoms with Gasteiger partial charge < -0.3 is 21.1 Å². The molecule has 5 heteroatoms. The Kier molecular flexibility index (Phi) is 7.69. The molecular weight excluding hydrogens is 252 g/mol. The minimum Gasteiger partial charge on any atom is -0.492 e. The quantitative estimate of drug-likeness (QED) is 0.293. The van der Waals surface area contributed by atoms with Crippen molar-refractivity contribution in [3.8, 4) is 5.75 Å². The minimum atomic E-state index is 0.0725. The van der Waals surface area contributed by atoms with Gasteiger partial charge in [-0.1, -0.05) is 19.1 Å². The molecule has 0 radical (unpaired) electrons. The smallest absolute Gasteiger partial charge is 0.123 e. The molecule has 0 aromatic heterocycles. The van der Waals surface area contributed by atoms with Crippen LogP contribution in [-0.2, 0) is 6.42 Å². The molecule has 0 saturated heterocycles. The van der Waals surface area contributed by atoms with E-state index in [-0.39, 0.29) is 5.84 Å². The van der Waals surface area contributed by atoms with E-state index in [1.54, 1.807) is 0 Å². The van der Waals surface area contributed by atoms with Crippen LogP contribution in [0, 0.1) is 5.41 Å². The predicted molar refractivity (Wildman–Crippen MR) is 83.7 cm³/mol. The molecule has 20 heavy (non-hydrogen) atoms. The predicted octanol–water partition coefficient (Wildman–Crippen LogP) is 1.11. The Labute approximate surface area is 121 Å². The van der Waals surface area contributed by atoms with Crippen LogP contribution in [-0.4, -0.2) is 39.1 Å². The van der Waals surface area contributed by atoms with Crippen molar-refractivity contribution in [1.82, 2.24) is 10.6 Å². The highest BCUT2D eigenvalue weighted by Crippen LogP contribution is 2.22. The topological polar surface area (TPSA) is 83.2 Å². The first-order valence-electron chi connectivity index (χ1n) is 7.14. The monoisotopic (exact) mass is 278 g/mol. The first kappa shape index (κ1) is 16.5. The van der Waals surface area contributed by atoms with Gasteiger partial charge in [-0.25, -0.2) is 0 Å². The van der Waals surface area contributed by atoms with Gasteiger partial charge in [-0.05, 0) is 44.6 Å². The van der Waals surface area contributed by atoms with Gasteiger partial charge in [0, 0.05) is 12.1 Å². The Balaban J connectivity index is 2.72. The number of nitrogen functional groups attached to an aromatic ring is 1. The highest BCUT2D eigenvalue weighted by atomic mass is 16.5. The molecule has 5 N–H and O–H groups in total. The van der Waals surface area contributed by atoms with Crippen molar-refractivity contribution in [2.24, 2.45) is 5.73 Å². The summed E-state index contributed by atoms with van der Waals surface area (Å²) in [6.07, 6.45) is 2.01. The number of benzene rings is 1. The van der Waals surface area contributed by atoms with E-state index in [9.17, 15) is 0 Å². The first-order valence-corrected chi connectivity index (χ1v) is 7.14. The standard InChI is InChI=1S/C15H26N4O/c1-3-19-9-10-20-14-11-13(15(16)17)7-6-12(14)5-4-8-18-2/h6-7,11,18-19H,3-5,8-10H2,1-2H3,(H3,16,17). The lowest BCUT2D eigenvalue weighted by atomic mass is 10.1. The fourth-order valence-corrected chi connectivity index (χ4v) is 1.93. The molecule has 0 aliphatic heterocycles. The zero-order chi connectivity index (χ0) is 14.8. The summed E-state index contributed by atoms with van der Waals surface area (Å²) in [5, 5.41) is 13.9. The van der Waals surface area contributed by atoms with Crippen LogP contribution in [0.2, 0.25) is 0 Å². The molecule has 0 fully saturated rings. The summed E-state index contributed by atoms with van der Waals surface area (Å²) in [5.74, 6) is 0.912. The molecular formula is C15H26N4O. The van der Waals surface area contributed by atoms with Gasteiger partial charge in [0.2, 0.25) is 0 Å². The Morgan fingerprint density at radius 1 is 1.35 bits per heavy atom. The average Bonchev–Trinajstić information content (AvgIpc) is 2.44. The largest absolute Gasteiger partial charge is 0.492 e. The number of likely N-dealkylation sites (N-methyl/N-ethyl adjacent to an activating group) is 1. The van der Waals surface area contributed by atoms with Gasteiger partial charge in [0.15, 0.2) is 0 Å². The molecule has 0 saturated carbocycles. The van der Waals surface area contributed by atoms with Crippen LogP contribution < -0.4 is 21.1 Å². The lowest BCUT2D eigenvalue weighted by Gasteiger charge is -2.13. The molecule has 0 heterocycles. The van der Waals surface area contributed by atoms with Gasteiger partial charge in [0.05, 0.1) is 0 Å². The highest BCUT2D eigenvalue weighted by Gasteiger charge is 2.07. The number of hydrogen-bond acceptors (Lipinski definition) is 4. The zero-order valence-electron chi connectivity index (χ0n) is 12.5. The molecule has 0 aliphatic carbocycles. The van der Waals surface area contributed by atoms with Gasteiger partial charge in [0.1, 0.15) is 18.2 Å². The van der Waals surface area contributed by atoms with Crippen LogP contribution in [0.1, 0.15) is 24.5 Å². The van der Waals surface area contributed by atoms with E-state index >= 15 is 0 Å². The van der Waals surface area contributed by atoms with Gasteiger partial charge in [0.25, 0.3) is 0 Å². The molecule has 0 unspecified atom stereocenters. The molecule has 1 aromatic carbocycles. The van der Waals surface area contributed by atoms with E-state index < -0.39 is 0 Å². The third-order valence-corrected chi connectivity index (χ3v) is 3.04. The summed E-state index contributed by atoms with van der Waals surface area (Å²) in [5.41, 5.74) is 7.41. The van der Waals surface area contributed by atoms with E-state index in [1.807, 2.05) is 25.2 Å². The van der Waals surface area contributed by atoms with Crippen molar-refractivity contribution in [2.75, 3.05) is 33.3 Å². The molecule has 0 amide bonds. The third kappa shape index (κ3) is 5.59. The Morgan fingerprint density at radius 3 is 2.80 bits per heavy atom. The van der Waals surface area contributed by atoms with E-state index in [1.165, 1.54) is 5.56 Å². The summed E-state index contributed by atoms with van der Waals surface area (Å²) in [6.45, 7) is 5.42. The second kappa shape index (κ2) is 9.34. The van der Waals surface area contributed by atoms with Crippen molar-refractivity contribution in [3.05, 3.63) is 29.3 Å². The number of aryl methyl sites for hydroxylation is 1. The van der Waals surface area contributed by atoms with Crippen molar-refractivity contribution in [3.63, 3.8) is 0 Å². The lowest BCUT2D eigenvalue weighted by molar-refractivity contribution is 0.312. The number of nitrogens with one attached hydrogen (secondary N) is 3. The number of amidine groups is 1. The Hall–Kier alpha value is -1.59. The third-order valence-electron chi connectivity index (χ3n) is 3.04. The Morgan fingerprint density at radius 2 is 2.15 bits per heavy atom. The molecule has 0 spiro atoms. The van der Waals surface area contributed by atoms with Crippen LogP contribution in [0.25, 0.3) is 0 Å². The lowest BCUT2D eigenvalue weighted by Crippen LogP contribution is -2.21. The molecule has 1 rings (SSSR count). The van der Waals surface area contributed by atoms with Crippen molar-refractivity contribution in [1.29, 1.82) is 5.41 Å². The number of hydrogen-bond donors (Lipinski definition) is 4. The van der Waals surface area contributed by atoms with Crippen molar-refractivity contribution >= 4 is 5.84 Å². The molecule has 0 aliphatic rings. The van der Waals surface area contributed by atoms with Gasteiger partial charge in [-0.2, -0.15) is 0 Å². The molecule has 5 nitrogen and oxygen atoms in total. The maximum Gasteiger partial charge on any atom is 0.123 e. The van der Waals surface area contributed by atoms with Crippen molar-refractivity contribution in [2.45, 2.75) is 19.8 Å². The summed E-state index contributed by atoms with van der Waals surface area (Å²) >= 11 is 0. The molecule has 1 aromatic rings. The zero-order valence-corrected chi connectivity index (χ0v) is 12.5. The summed E-state index contributed by atoms with van der Waals surface area (Å²) < 4.78 is 5.83. The molecule has 0 atom stereocenters. The minimum absolute atomic E-state index is 0.0725. The van der Waals surface area contributed by atoms with Gasteiger partial charge in [-0.3, -0.25) is 5.41 Å². The van der Waals surface area contributed by atoms with Crippen LogP contribution in [0.3, 0.4) is 0 Å². The second-order valence-corrected chi connectivity index (χ2v) is 4.65. The summed E-state index contributed by atoms with van der Waals surface area (Å²) in [6, 6.07) is 5.76. The summed E-state index contributed by atoms with van der Waals surface area (Å²) in [4.78, 5) is 0. The molecule has 112 valence electrons. The maximum atomic E-state index is 7.51. The summed E-state index contributed by atoms with van der Waals surface area (Å²) in [7, 11) is 1.95. The van der Waals surface area contributed by atoms with Crippen LogP contribution in [0.5, 0.6) is 5.75 Å². The second-order valence-electron chi connectivity index (χ2n) is 4.65. The first-order chi connectivity index (χ1) is 9.69. The van der Waals surface area contributed by atoms with Crippen molar-refractivity contribution < 1.29 is 4.74 Å². The van der Waals surface area contributed by atoms with Crippen LogP contribution in [0.4, 0.5) is 0 Å². The number of ether oxygens (including phenoxy) is 1. The van der Waals surface area contributed by atoms with Crippen LogP contribution in [0.15, 0.2) is 18.2 Å². The average molecular weight is 278 g/mol. The molecule has 0 bridgehead atoms. The number of rotatable bonds is 10. The number of nitrogens with two attached hydrogens (primary N) is 1. The van der Waals surface area contributed by atoms with Gasteiger partial charge >= 0.3 is 0 Å². The SMILES string of the molecule is CCNCCOc1cc(C(=N)N)ccc1CCCNC. The fraction of sp³-hybridized carbons (Fsp3) is 0.533. The van der Waals surface area contributed by atoms with E-state index in [2.05, 4.69) is 17.6 Å². The van der Waals surface area contributed by atoms with E-state index in [4.69, 9.17) is 15.9 Å².